The number of rotatable bonds is 3. The predicted octanol–water partition coefficient (Wildman–Crippen LogP) is 7.19. The van der Waals surface area contributed by atoms with E-state index in [0.29, 0.717) is 0 Å². The minimum absolute atomic E-state index is 8.70. The van der Waals surface area contributed by atoms with Gasteiger partial charge < -0.3 is 0 Å². The van der Waals surface area contributed by atoms with Gasteiger partial charge in [0, 0.05) is 0 Å². The van der Waals surface area contributed by atoms with Crippen LogP contribution in [0.2, 0.25) is 0 Å². The van der Waals surface area contributed by atoms with E-state index in [1.165, 1.54) is 0 Å². The Hall–Kier alpha value is -0.830. The van der Waals surface area contributed by atoms with Crippen molar-refractivity contribution in [3.8, 4) is 0 Å². The van der Waals surface area contributed by atoms with Gasteiger partial charge in [-0.3, -0.25) is 0 Å². The fourth-order valence-corrected chi connectivity index (χ4v) is 4.02. The first-order chi connectivity index (χ1) is 10.1. The van der Waals surface area contributed by atoms with Crippen LogP contribution >= 0.6 is 6.88 Å². The number of alkyl halides is 15. The normalized spacial score (nSPS) is 19.4. The summed E-state index contributed by atoms with van der Waals surface area (Å²) < 4.78 is 222. The summed E-state index contributed by atoms with van der Waals surface area (Å²) in [6.45, 7) is -15.0. The van der Waals surface area contributed by atoms with Gasteiger partial charge in [0.05, 0.1) is 0 Å². The van der Waals surface area contributed by atoms with Crippen LogP contribution in [0, 0.1) is 0 Å². The molecule has 0 bridgehead atoms. The molecule has 0 fully saturated rings. The number of hydrogen-bond acceptors (Lipinski definition) is 0. The molecule has 0 aromatic heterocycles. The minimum atomic E-state index is -15.0. The summed E-state index contributed by atoms with van der Waals surface area (Å²) in [5.74, 6) is 0. The van der Waals surface area contributed by atoms with Crippen LogP contribution < -0.4 is 0 Å². The van der Waals surface area contributed by atoms with Gasteiger partial charge in [-0.25, -0.2) is 0 Å². The molecule has 0 aliphatic rings. The molecule has 0 rings (SSSR count). The van der Waals surface area contributed by atoms with Crippen molar-refractivity contribution in [3.05, 3.63) is 0 Å². The van der Waals surface area contributed by atoms with Crippen molar-refractivity contribution in [3.63, 3.8) is 0 Å². The van der Waals surface area contributed by atoms with Crippen molar-refractivity contribution in [2.75, 3.05) is 0 Å². The third-order valence-electron chi connectivity index (χ3n) is 2.82. The summed E-state index contributed by atoms with van der Waals surface area (Å²) >= 11 is 0. The van der Waals surface area contributed by atoms with Crippen LogP contribution in [0.5, 0.6) is 0 Å². The molecular weight excluding hydrogens is 445 g/mol. The van der Waals surface area contributed by atoms with Gasteiger partial charge in [-0.1, -0.05) is 0 Å². The summed E-state index contributed by atoms with van der Waals surface area (Å²) in [7, 11) is 0. The van der Waals surface area contributed by atoms with Crippen molar-refractivity contribution < 1.29 is 78.4 Å². The van der Waals surface area contributed by atoms with Gasteiger partial charge in [-0.15, -0.1) is 0 Å². The van der Waals surface area contributed by atoms with E-state index in [1.54, 1.807) is 0 Å². The molecule has 0 radical (unpaired) electrons. The molecule has 0 aromatic rings. The monoisotopic (exact) mass is 445 g/mol. The second-order valence-corrected chi connectivity index (χ2v) is 8.67. The van der Waals surface area contributed by atoms with Crippen LogP contribution in [-0.2, 0) is 0 Å². The van der Waals surface area contributed by atoms with Crippen molar-refractivity contribution >= 4 is 6.88 Å². The Labute approximate surface area is 122 Å². The average molecular weight is 445 g/mol. The third-order valence-corrected chi connectivity index (χ3v) is 7.18. The molecule has 0 saturated carbocycles. The van der Waals surface area contributed by atoms with Gasteiger partial charge in [0.25, 0.3) is 0 Å². The molecule has 0 aliphatic heterocycles. The van der Waals surface area contributed by atoms with Crippen LogP contribution in [0.1, 0.15) is 0 Å². The second kappa shape index (κ2) is 4.52. The van der Waals surface area contributed by atoms with Gasteiger partial charge in [-0.05, 0) is 0 Å². The zero-order valence-corrected chi connectivity index (χ0v) is 11.1. The van der Waals surface area contributed by atoms with E-state index in [9.17, 15) is 78.4 Å². The van der Waals surface area contributed by atoms with E-state index < -0.39 is 42.4 Å². The zero-order valence-electron chi connectivity index (χ0n) is 10.3. The van der Waals surface area contributed by atoms with Crippen LogP contribution in [0.3, 0.4) is 0 Å². The molecule has 0 unspecified atom stereocenters. The molecule has 0 aliphatic carbocycles. The van der Waals surface area contributed by atoms with Gasteiger partial charge in [0.2, 0.25) is 0 Å². The van der Waals surface area contributed by atoms with Crippen LogP contribution in [0.4, 0.5) is 78.4 Å². The Morgan fingerprint density at radius 1 is 0.320 bits per heavy atom. The van der Waals surface area contributed by atoms with Crippen molar-refractivity contribution in [1.82, 2.24) is 0 Å². The van der Waals surface area contributed by atoms with Crippen molar-refractivity contribution in [2.45, 2.75) is 35.5 Å². The topological polar surface area (TPSA) is 0 Å². The molecule has 0 saturated heterocycles. The van der Waals surface area contributed by atoms with Crippen molar-refractivity contribution in [2.24, 2.45) is 0 Å². The first kappa shape index (κ1) is 24.2. The SMILES string of the molecule is FC(F)(F)C(F)(F)[P-](F)(F)(F)(C(F)(F)C(F)(F)F)C(F)(F)C(F)(F)F. The van der Waals surface area contributed by atoms with Gasteiger partial charge in [0.15, 0.2) is 0 Å². The first-order valence-electron chi connectivity index (χ1n) is 4.76. The molecule has 0 nitrogen and oxygen atoms in total. The van der Waals surface area contributed by atoms with Crippen LogP contribution in [0.25, 0.3) is 0 Å². The van der Waals surface area contributed by atoms with Crippen LogP contribution in [0.15, 0.2) is 0 Å². The molecule has 0 N–H and O–H groups in total. The van der Waals surface area contributed by atoms with E-state index in [2.05, 4.69) is 0 Å². The molecule has 0 heterocycles. The van der Waals surface area contributed by atoms with E-state index in [-0.39, 0.29) is 0 Å². The Kier molecular flexibility index (Phi) is 4.37. The Balaban J connectivity index is 7.87. The van der Waals surface area contributed by atoms with Gasteiger partial charge in [0.1, 0.15) is 0 Å². The summed E-state index contributed by atoms with van der Waals surface area (Å²) in [4.78, 5) is 0. The third kappa shape index (κ3) is 2.05. The summed E-state index contributed by atoms with van der Waals surface area (Å²) in [6, 6.07) is 0. The second-order valence-electron chi connectivity index (χ2n) is 4.40. The summed E-state index contributed by atoms with van der Waals surface area (Å²) in [5.41, 5.74) is -29.3. The molecular formula is C6F18P-. The average Bonchev–Trinajstić information content (AvgIpc) is 2.23. The Morgan fingerprint density at radius 2 is 0.440 bits per heavy atom. The van der Waals surface area contributed by atoms with Crippen molar-refractivity contribution in [1.29, 1.82) is 0 Å². The molecule has 19 heteroatoms. The fraction of sp³-hybridized carbons (Fsp3) is 1.00. The number of hydrogen-bond donors (Lipinski definition) is 0. The summed E-state index contributed by atoms with van der Waals surface area (Å²) in [6.07, 6.45) is -26.1. The zero-order chi connectivity index (χ0) is 21.4. The Morgan fingerprint density at radius 3 is 0.520 bits per heavy atom. The summed E-state index contributed by atoms with van der Waals surface area (Å²) in [5, 5.41) is 0. The molecule has 0 atom stereocenters. The molecule has 0 amide bonds. The predicted molar refractivity (Wildman–Crippen MR) is 43.2 cm³/mol. The van der Waals surface area contributed by atoms with Gasteiger partial charge >= 0.3 is 121 Å². The number of halogens is 18. The standard InChI is InChI=1S/C6F18P/c7-1(8,9)4(16,17)25(22,23,24,5(18,19)2(10,11)12)6(20,21)3(13,14)15/q-1. The van der Waals surface area contributed by atoms with E-state index in [4.69, 9.17) is 0 Å². The van der Waals surface area contributed by atoms with E-state index in [0.717, 1.165) is 0 Å². The Bertz CT molecular complexity index is 468. The van der Waals surface area contributed by atoms with E-state index >= 15 is 0 Å². The van der Waals surface area contributed by atoms with E-state index in [1.807, 2.05) is 0 Å². The quantitative estimate of drug-likeness (QED) is 0.319. The molecule has 0 spiro atoms. The maximum absolute atomic E-state index is 15.0. The van der Waals surface area contributed by atoms with Crippen LogP contribution in [-0.4, -0.2) is 35.5 Å². The maximum atomic E-state index is 13.4. The van der Waals surface area contributed by atoms with Gasteiger partial charge in [-0.2, -0.15) is 0 Å². The fourth-order valence-electron chi connectivity index (χ4n) is 1.34. The molecule has 0 aromatic carbocycles. The molecule has 25 heavy (non-hydrogen) atoms. The molecule has 156 valence electrons. The first-order valence-corrected chi connectivity index (χ1v) is 7.12.